The smallest absolute Gasteiger partial charge is 0.409 e. The van der Waals surface area contributed by atoms with Crippen LogP contribution in [-0.2, 0) is 14.3 Å². The van der Waals surface area contributed by atoms with E-state index in [4.69, 9.17) is 0 Å². The summed E-state index contributed by atoms with van der Waals surface area (Å²) in [4.78, 5) is 21.4. The number of amides is 1. The number of carbonyl (C=O) groups excluding carboxylic acids is 2. The Bertz CT molecular complexity index is 179. The highest BCUT2D eigenvalue weighted by Crippen LogP contribution is 2.00. The van der Waals surface area contributed by atoms with Crippen molar-refractivity contribution in [3.05, 3.63) is 0 Å². The van der Waals surface area contributed by atoms with E-state index in [1.54, 1.807) is 0 Å². The SMILES string of the molecule is CNC(=O)OCOC(=O)CC(C)C. The van der Waals surface area contributed by atoms with E-state index in [1.165, 1.54) is 7.05 Å². The Morgan fingerprint density at radius 2 is 1.92 bits per heavy atom. The van der Waals surface area contributed by atoms with Crippen molar-refractivity contribution in [1.82, 2.24) is 5.32 Å². The maximum absolute atomic E-state index is 10.9. The lowest BCUT2D eigenvalue weighted by Crippen LogP contribution is -2.22. The number of nitrogens with one attached hydrogen (secondary N) is 1. The molecule has 5 heteroatoms. The number of rotatable bonds is 4. The number of alkyl carbamates (subject to hydrolysis) is 1. The lowest BCUT2D eigenvalue weighted by Gasteiger charge is -2.06. The fraction of sp³-hybridized carbons (Fsp3) is 0.750. The fourth-order valence-corrected chi connectivity index (χ4v) is 0.613. The Balaban J connectivity index is 3.42. The van der Waals surface area contributed by atoms with Crippen LogP contribution in [0.1, 0.15) is 20.3 Å². The van der Waals surface area contributed by atoms with Crippen LogP contribution in [0.3, 0.4) is 0 Å². The largest absolute Gasteiger partial charge is 0.428 e. The van der Waals surface area contributed by atoms with Gasteiger partial charge in [0.05, 0.1) is 0 Å². The zero-order valence-corrected chi connectivity index (χ0v) is 8.12. The van der Waals surface area contributed by atoms with Crippen LogP contribution in [0.5, 0.6) is 0 Å². The first-order valence-electron chi connectivity index (χ1n) is 4.06. The number of hydrogen-bond donors (Lipinski definition) is 1. The highest BCUT2D eigenvalue weighted by molar-refractivity contribution is 5.70. The molecule has 5 nitrogen and oxygen atoms in total. The summed E-state index contributed by atoms with van der Waals surface area (Å²) in [6.45, 7) is 3.48. The van der Waals surface area contributed by atoms with E-state index in [0.717, 1.165) is 0 Å². The van der Waals surface area contributed by atoms with Crippen LogP contribution in [0.25, 0.3) is 0 Å². The third-order valence-corrected chi connectivity index (χ3v) is 1.19. The molecule has 1 amide bonds. The molecule has 0 radical (unpaired) electrons. The van der Waals surface area contributed by atoms with Crippen LogP contribution in [-0.4, -0.2) is 25.9 Å². The van der Waals surface area contributed by atoms with E-state index in [9.17, 15) is 9.59 Å². The van der Waals surface area contributed by atoms with E-state index in [0.29, 0.717) is 6.42 Å². The van der Waals surface area contributed by atoms with Gasteiger partial charge in [-0.3, -0.25) is 4.79 Å². The molecule has 0 atom stereocenters. The fourth-order valence-electron chi connectivity index (χ4n) is 0.613. The van der Waals surface area contributed by atoms with Crippen molar-refractivity contribution in [1.29, 1.82) is 0 Å². The quantitative estimate of drug-likeness (QED) is 0.527. The molecule has 0 rings (SSSR count). The summed E-state index contributed by atoms with van der Waals surface area (Å²) >= 11 is 0. The van der Waals surface area contributed by atoms with Gasteiger partial charge in [0.2, 0.25) is 6.79 Å². The van der Waals surface area contributed by atoms with Gasteiger partial charge in [-0.05, 0) is 5.92 Å². The van der Waals surface area contributed by atoms with Crippen LogP contribution in [0.4, 0.5) is 4.79 Å². The Morgan fingerprint density at radius 1 is 1.31 bits per heavy atom. The Morgan fingerprint density at radius 3 is 2.38 bits per heavy atom. The summed E-state index contributed by atoms with van der Waals surface area (Å²) in [5.74, 6) is -0.119. The summed E-state index contributed by atoms with van der Waals surface area (Å²) in [7, 11) is 1.43. The van der Waals surface area contributed by atoms with Crippen molar-refractivity contribution in [3.63, 3.8) is 0 Å². The molecule has 0 aromatic rings. The molecule has 0 heterocycles. The standard InChI is InChI=1S/C8H15NO4/c1-6(2)4-7(10)12-5-13-8(11)9-3/h6H,4-5H2,1-3H3,(H,9,11). The van der Waals surface area contributed by atoms with Gasteiger partial charge < -0.3 is 14.8 Å². The van der Waals surface area contributed by atoms with Gasteiger partial charge in [-0.15, -0.1) is 0 Å². The molecule has 0 aromatic heterocycles. The molecule has 0 unspecified atom stereocenters. The zero-order chi connectivity index (χ0) is 10.3. The first-order valence-corrected chi connectivity index (χ1v) is 4.06. The van der Waals surface area contributed by atoms with E-state index < -0.39 is 6.09 Å². The molecule has 0 aliphatic heterocycles. The second kappa shape index (κ2) is 6.28. The monoisotopic (exact) mass is 189 g/mol. The Hall–Kier alpha value is -1.26. The summed E-state index contributed by atoms with van der Waals surface area (Å²) in [5, 5.41) is 2.23. The second-order valence-corrected chi connectivity index (χ2v) is 2.91. The first kappa shape index (κ1) is 11.7. The van der Waals surface area contributed by atoms with Crippen molar-refractivity contribution in [2.45, 2.75) is 20.3 Å². The van der Waals surface area contributed by atoms with E-state index in [2.05, 4.69) is 14.8 Å². The summed E-state index contributed by atoms with van der Waals surface area (Å²) in [6, 6.07) is 0. The molecule has 0 spiro atoms. The first-order chi connectivity index (χ1) is 6.06. The number of ether oxygens (including phenoxy) is 2. The number of carbonyl (C=O) groups is 2. The minimum Gasteiger partial charge on any atom is -0.428 e. The third kappa shape index (κ3) is 7.11. The molecule has 0 aromatic carbocycles. The van der Waals surface area contributed by atoms with Crippen molar-refractivity contribution in [2.24, 2.45) is 5.92 Å². The number of esters is 1. The normalized spacial score (nSPS) is 9.54. The average Bonchev–Trinajstić information content (AvgIpc) is 2.02. The summed E-state index contributed by atoms with van der Waals surface area (Å²) in [5.41, 5.74) is 0. The van der Waals surface area contributed by atoms with Gasteiger partial charge in [0.15, 0.2) is 0 Å². The van der Waals surface area contributed by atoms with Crippen molar-refractivity contribution >= 4 is 12.1 Å². The molecule has 0 aliphatic rings. The maximum atomic E-state index is 10.9. The molecule has 1 N–H and O–H groups in total. The predicted octanol–water partition coefficient (Wildman–Crippen LogP) is 0.889. The number of hydrogen-bond acceptors (Lipinski definition) is 4. The minimum atomic E-state index is -0.614. The Kier molecular flexibility index (Phi) is 5.67. The van der Waals surface area contributed by atoms with Crippen LogP contribution in [0, 0.1) is 5.92 Å². The van der Waals surface area contributed by atoms with Crippen molar-refractivity contribution in [3.8, 4) is 0 Å². The van der Waals surface area contributed by atoms with Gasteiger partial charge in [0, 0.05) is 13.5 Å². The molecule has 0 saturated heterocycles. The lowest BCUT2D eigenvalue weighted by molar-refractivity contribution is -0.152. The topological polar surface area (TPSA) is 64.6 Å². The second-order valence-electron chi connectivity index (χ2n) is 2.91. The summed E-state index contributed by atoms with van der Waals surface area (Å²) < 4.78 is 9.05. The Labute approximate surface area is 77.4 Å². The van der Waals surface area contributed by atoms with Gasteiger partial charge in [0.25, 0.3) is 0 Å². The highest BCUT2D eigenvalue weighted by atomic mass is 16.7. The average molecular weight is 189 g/mol. The molecule has 0 fully saturated rings. The van der Waals surface area contributed by atoms with Gasteiger partial charge >= 0.3 is 12.1 Å². The molecule has 0 bridgehead atoms. The van der Waals surface area contributed by atoms with Crippen LogP contribution < -0.4 is 5.32 Å². The van der Waals surface area contributed by atoms with Crippen molar-refractivity contribution in [2.75, 3.05) is 13.8 Å². The maximum Gasteiger partial charge on any atom is 0.409 e. The lowest BCUT2D eigenvalue weighted by atomic mass is 10.1. The van der Waals surface area contributed by atoms with Crippen LogP contribution >= 0.6 is 0 Å². The molecule has 76 valence electrons. The minimum absolute atomic E-state index is 0.243. The summed E-state index contributed by atoms with van der Waals surface area (Å²) in [6.07, 6.45) is -0.283. The van der Waals surface area contributed by atoms with Crippen LogP contribution in [0.2, 0.25) is 0 Å². The van der Waals surface area contributed by atoms with E-state index in [-0.39, 0.29) is 18.7 Å². The van der Waals surface area contributed by atoms with Gasteiger partial charge in [-0.25, -0.2) is 4.79 Å². The van der Waals surface area contributed by atoms with E-state index in [1.807, 2.05) is 13.8 Å². The van der Waals surface area contributed by atoms with Gasteiger partial charge in [0.1, 0.15) is 0 Å². The zero-order valence-electron chi connectivity index (χ0n) is 8.12. The third-order valence-electron chi connectivity index (χ3n) is 1.19. The predicted molar refractivity (Wildman–Crippen MR) is 46.0 cm³/mol. The van der Waals surface area contributed by atoms with E-state index >= 15 is 0 Å². The van der Waals surface area contributed by atoms with Crippen LogP contribution in [0.15, 0.2) is 0 Å². The molecule has 13 heavy (non-hydrogen) atoms. The molecule has 0 saturated carbocycles. The van der Waals surface area contributed by atoms with Crippen molar-refractivity contribution < 1.29 is 19.1 Å². The van der Waals surface area contributed by atoms with Gasteiger partial charge in [-0.2, -0.15) is 0 Å². The highest BCUT2D eigenvalue weighted by Gasteiger charge is 2.06. The molecule has 0 aliphatic carbocycles. The van der Waals surface area contributed by atoms with Gasteiger partial charge in [-0.1, -0.05) is 13.8 Å². The molecular formula is C8H15NO4. The molecular weight excluding hydrogens is 174 g/mol.